The van der Waals surface area contributed by atoms with Crippen LogP contribution in [0.2, 0.25) is 0 Å². The number of hydrogen-bond donors (Lipinski definition) is 2. The summed E-state index contributed by atoms with van der Waals surface area (Å²) in [7, 11) is 0. The zero-order chi connectivity index (χ0) is 18.7. The molecule has 0 saturated carbocycles. The van der Waals surface area contributed by atoms with Crippen molar-refractivity contribution in [1.82, 2.24) is 4.90 Å². The number of hydrogen-bond acceptors (Lipinski definition) is 4. The second-order valence-electron chi connectivity index (χ2n) is 5.70. The summed E-state index contributed by atoms with van der Waals surface area (Å²) in [5, 5.41) is 11.6. The number of imide groups is 1. The van der Waals surface area contributed by atoms with E-state index in [4.69, 9.17) is 16.7 Å². The summed E-state index contributed by atoms with van der Waals surface area (Å²) in [6.45, 7) is 0.207. The second-order valence-corrected chi connectivity index (χ2v) is 6.08. The summed E-state index contributed by atoms with van der Waals surface area (Å²) >= 11 is 6.04. The van der Waals surface area contributed by atoms with E-state index >= 15 is 0 Å². The van der Waals surface area contributed by atoms with Crippen LogP contribution in [0.25, 0.3) is 0 Å². The van der Waals surface area contributed by atoms with Gasteiger partial charge in [0.15, 0.2) is 0 Å². The number of carbonyl (C=O) groups is 3. The molecule has 2 aromatic rings. The van der Waals surface area contributed by atoms with Crippen LogP contribution in [0.4, 0.5) is 5.69 Å². The van der Waals surface area contributed by atoms with E-state index in [1.54, 1.807) is 6.07 Å². The van der Waals surface area contributed by atoms with Crippen LogP contribution < -0.4 is 5.32 Å². The Morgan fingerprint density at radius 2 is 1.77 bits per heavy atom. The lowest BCUT2D eigenvalue weighted by atomic mass is 10.1. The van der Waals surface area contributed by atoms with Crippen LogP contribution in [0.15, 0.2) is 65.3 Å². The Hall–Kier alpha value is -3.12. The van der Waals surface area contributed by atoms with E-state index in [1.165, 1.54) is 18.2 Å². The van der Waals surface area contributed by atoms with Crippen molar-refractivity contribution >= 4 is 35.1 Å². The first-order chi connectivity index (χ1) is 12.5. The monoisotopic (exact) mass is 370 g/mol. The minimum atomic E-state index is -1.09. The van der Waals surface area contributed by atoms with Crippen LogP contribution in [-0.2, 0) is 16.0 Å². The average molecular weight is 371 g/mol. The number of halogens is 1. The van der Waals surface area contributed by atoms with Gasteiger partial charge in [-0.05, 0) is 30.2 Å². The lowest BCUT2D eigenvalue weighted by Crippen LogP contribution is -2.34. The van der Waals surface area contributed by atoms with E-state index in [-0.39, 0.29) is 22.8 Å². The minimum Gasteiger partial charge on any atom is -0.478 e. The Kier molecular flexibility index (Phi) is 5.04. The number of carboxylic acids is 1. The number of nitrogens with one attached hydrogen (secondary N) is 1. The number of nitrogens with zero attached hydrogens (tertiary/aromatic N) is 1. The molecule has 0 fully saturated rings. The Morgan fingerprint density at radius 3 is 2.46 bits per heavy atom. The summed E-state index contributed by atoms with van der Waals surface area (Å²) in [5.74, 6) is -2.19. The van der Waals surface area contributed by atoms with Crippen LogP contribution in [-0.4, -0.2) is 34.3 Å². The van der Waals surface area contributed by atoms with E-state index in [1.807, 2.05) is 30.3 Å². The topological polar surface area (TPSA) is 86.7 Å². The first kappa shape index (κ1) is 17.7. The van der Waals surface area contributed by atoms with Crippen molar-refractivity contribution in [2.75, 3.05) is 11.9 Å². The molecule has 0 bridgehead atoms. The largest absolute Gasteiger partial charge is 0.478 e. The van der Waals surface area contributed by atoms with Crippen molar-refractivity contribution < 1.29 is 19.5 Å². The number of anilines is 1. The minimum absolute atomic E-state index is 0.0488. The number of amides is 2. The van der Waals surface area contributed by atoms with Crippen molar-refractivity contribution in [3.05, 3.63) is 76.5 Å². The molecule has 26 heavy (non-hydrogen) atoms. The zero-order valence-corrected chi connectivity index (χ0v) is 14.4. The number of carboxylic acid groups (broad SMARTS) is 1. The highest BCUT2D eigenvalue weighted by Crippen LogP contribution is 2.26. The molecule has 0 unspecified atom stereocenters. The first-order valence-corrected chi connectivity index (χ1v) is 8.25. The number of rotatable bonds is 6. The fourth-order valence-corrected chi connectivity index (χ4v) is 2.85. The van der Waals surface area contributed by atoms with Crippen molar-refractivity contribution in [2.45, 2.75) is 6.42 Å². The molecule has 0 aromatic heterocycles. The Labute approximate surface area is 154 Å². The zero-order valence-electron chi connectivity index (χ0n) is 13.6. The predicted molar refractivity (Wildman–Crippen MR) is 96.8 cm³/mol. The third-order valence-electron chi connectivity index (χ3n) is 3.96. The van der Waals surface area contributed by atoms with Crippen molar-refractivity contribution in [3.8, 4) is 0 Å². The molecule has 2 amide bonds. The van der Waals surface area contributed by atoms with Crippen LogP contribution in [0.1, 0.15) is 15.9 Å². The van der Waals surface area contributed by atoms with Crippen molar-refractivity contribution in [3.63, 3.8) is 0 Å². The molecule has 0 radical (unpaired) electrons. The standard InChI is InChI=1S/C19H15ClN2O4/c20-15-16(21-14-8-4-7-13(11-14)19(25)26)18(24)22(17(15)23)10-9-12-5-2-1-3-6-12/h1-8,11,21H,9-10H2,(H,25,26). The maximum Gasteiger partial charge on any atom is 0.335 e. The van der Waals surface area contributed by atoms with E-state index in [0.717, 1.165) is 10.5 Å². The number of carbonyl (C=O) groups excluding carboxylic acids is 2. The van der Waals surface area contributed by atoms with Crippen LogP contribution >= 0.6 is 11.6 Å². The molecule has 0 aliphatic carbocycles. The molecule has 0 atom stereocenters. The van der Waals surface area contributed by atoms with Gasteiger partial charge < -0.3 is 10.4 Å². The quantitative estimate of drug-likeness (QED) is 0.763. The Bertz CT molecular complexity index is 909. The smallest absolute Gasteiger partial charge is 0.335 e. The highest BCUT2D eigenvalue weighted by atomic mass is 35.5. The van der Waals surface area contributed by atoms with Gasteiger partial charge in [0.2, 0.25) is 0 Å². The molecule has 1 aliphatic rings. The Balaban J connectivity index is 1.74. The molecule has 1 aliphatic heterocycles. The highest BCUT2D eigenvalue weighted by molar-refractivity contribution is 6.48. The normalized spacial score (nSPS) is 14.1. The summed E-state index contributed by atoms with van der Waals surface area (Å²) in [4.78, 5) is 37.0. The summed E-state index contributed by atoms with van der Waals surface area (Å²) < 4.78 is 0. The second kappa shape index (κ2) is 7.41. The van der Waals surface area contributed by atoms with Gasteiger partial charge in [-0.2, -0.15) is 0 Å². The predicted octanol–water partition coefficient (Wildman–Crippen LogP) is 2.86. The van der Waals surface area contributed by atoms with Gasteiger partial charge in [0, 0.05) is 12.2 Å². The van der Waals surface area contributed by atoms with Gasteiger partial charge in [0.1, 0.15) is 10.7 Å². The van der Waals surface area contributed by atoms with Crippen LogP contribution in [0.5, 0.6) is 0 Å². The van der Waals surface area contributed by atoms with E-state index in [9.17, 15) is 14.4 Å². The molecule has 2 N–H and O–H groups in total. The fourth-order valence-electron chi connectivity index (χ4n) is 2.62. The average Bonchev–Trinajstić information content (AvgIpc) is 2.84. The summed E-state index contributed by atoms with van der Waals surface area (Å²) in [6, 6.07) is 15.4. The number of aromatic carboxylic acids is 1. The van der Waals surface area contributed by atoms with Gasteiger partial charge in [0.25, 0.3) is 11.8 Å². The van der Waals surface area contributed by atoms with E-state index < -0.39 is 17.8 Å². The third kappa shape index (κ3) is 3.60. The molecule has 3 rings (SSSR count). The fraction of sp³-hybridized carbons (Fsp3) is 0.105. The van der Waals surface area contributed by atoms with Gasteiger partial charge in [-0.15, -0.1) is 0 Å². The van der Waals surface area contributed by atoms with Gasteiger partial charge in [0.05, 0.1) is 5.56 Å². The molecule has 6 nitrogen and oxygen atoms in total. The van der Waals surface area contributed by atoms with Crippen LogP contribution in [0.3, 0.4) is 0 Å². The molecule has 132 valence electrons. The first-order valence-electron chi connectivity index (χ1n) is 7.87. The lowest BCUT2D eigenvalue weighted by molar-refractivity contribution is -0.137. The summed E-state index contributed by atoms with van der Waals surface area (Å²) in [5.41, 5.74) is 1.38. The van der Waals surface area contributed by atoms with Gasteiger partial charge >= 0.3 is 5.97 Å². The van der Waals surface area contributed by atoms with Gasteiger partial charge in [-0.3, -0.25) is 14.5 Å². The Morgan fingerprint density at radius 1 is 1.04 bits per heavy atom. The van der Waals surface area contributed by atoms with Crippen molar-refractivity contribution in [2.24, 2.45) is 0 Å². The molecule has 7 heteroatoms. The van der Waals surface area contributed by atoms with E-state index in [0.29, 0.717) is 12.1 Å². The third-order valence-corrected chi connectivity index (χ3v) is 4.31. The molecule has 0 saturated heterocycles. The maximum absolute atomic E-state index is 12.6. The van der Waals surface area contributed by atoms with E-state index in [2.05, 4.69) is 5.32 Å². The lowest BCUT2D eigenvalue weighted by Gasteiger charge is -2.15. The molecular weight excluding hydrogens is 356 g/mol. The van der Waals surface area contributed by atoms with Gasteiger partial charge in [-0.1, -0.05) is 48.0 Å². The highest BCUT2D eigenvalue weighted by Gasteiger charge is 2.37. The van der Waals surface area contributed by atoms with Crippen LogP contribution in [0, 0.1) is 0 Å². The van der Waals surface area contributed by atoms with Gasteiger partial charge in [-0.25, -0.2) is 4.79 Å². The maximum atomic E-state index is 12.6. The SMILES string of the molecule is O=C(O)c1cccc(NC2=C(Cl)C(=O)N(CCc3ccccc3)C2=O)c1. The molecule has 0 spiro atoms. The molecule has 2 aromatic carbocycles. The van der Waals surface area contributed by atoms with Crippen molar-refractivity contribution in [1.29, 1.82) is 0 Å². The molecule has 1 heterocycles. The molecular formula is C19H15ClN2O4. The summed E-state index contributed by atoms with van der Waals surface area (Å²) in [6.07, 6.45) is 0.518. The number of benzene rings is 2.